The van der Waals surface area contributed by atoms with Crippen LogP contribution in [0.2, 0.25) is 0 Å². The van der Waals surface area contributed by atoms with Gasteiger partial charge < -0.3 is 0 Å². The Bertz CT molecular complexity index is 1240. The molecular weight excluding hydrogens is 628 g/mol. The van der Waals surface area contributed by atoms with Gasteiger partial charge in [0, 0.05) is 0 Å². The van der Waals surface area contributed by atoms with Gasteiger partial charge in [-0.2, -0.15) is 0 Å². The van der Waals surface area contributed by atoms with E-state index in [0.717, 1.165) is 19.4 Å². The predicted molar refractivity (Wildman–Crippen MR) is 144 cm³/mol. The van der Waals surface area contributed by atoms with E-state index >= 15 is 0 Å². The second-order valence-corrected chi connectivity index (χ2v) is 58.2. The Morgan fingerprint density at radius 2 is 1.30 bits per heavy atom. The molecule has 0 aliphatic heterocycles. The van der Waals surface area contributed by atoms with Gasteiger partial charge in [-0.25, -0.2) is 0 Å². The van der Waals surface area contributed by atoms with E-state index in [2.05, 4.69) is 113 Å². The first-order valence-electron chi connectivity index (χ1n) is 11.7. The third-order valence-corrected chi connectivity index (χ3v) is 57.0. The van der Waals surface area contributed by atoms with Crippen LogP contribution in [0.1, 0.15) is 24.5 Å². The van der Waals surface area contributed by atoms with Crippen LogP contribution in [0.4, 0.5) is 0 Å². The van der Waals surface area contributed by atoms with Crippen LogP contribution in [0.25, 0.3) is 11.1 Å². The van der Waals surface area contributed by atoms with Crippen molar-refractivity contribution in [2.45, 2.75) is 19.8 Å². The molecule has 0 saturated carbocycles. The van der Waals surface area contributed by atoms with Crippen LogP contribution < -0.4 is 17.0 Å². The van der Waals surface area contributed by atoms with Crippen molar-refractivity contribution >= 4 is 36.8 Å². The van der Waals surface area contributed by atoms with Crippen LogP contribution in [-0.4, -0.2) is 12.5 Å². The second-order valence-electron chi connectivity index (χ2n) is 8.93. The first-order valence-corrected chi connectivity index (χ1v) is 32.1. The molecule has 1 aliphatic carbocycles. The predicted octanol–water partition coefficient (Wildman–Crippen LogP) is 5.33. The van der Waals surface area contributed by atoms with E-state index in [0.29, 0.717) is 0 Å². The fourth-order valence-corrected chi connectivity index (χ4v) is 58.6. The van der Waals surface area contributed by atoms with Gasteiger partial charge in [-0.05, 0) is 0 Å². The molecule has 0 atom stereocenters. The molecular formula is C28H28Cl2HfNSi. The van der Waals surface area contributed by atoms with E-state index in [1.54, 1.807) is 0 Å². The van der Waals surface area contributed by atoms with E-state index in [1.807, 2.05) is 0 Å². The van der Waals surface area contributed by atoms with Crippen LogP contribution in [0, 0.1) is 0 Å². The summed E-state index contributed by atoms with van der Waals surface area (Å²) in [6.45, 7) is 3.01. The van der Waals surface area contributed by atoms with Gasteiger partial charge in [0.1, 0.15) is 0 Å². The number of fused-ring (bicyclic) bond motifs is 3. The zero-order chi connectivity index (χ0) is 22.9. The average Bonchev–Trinajstić information content (AvgIpc) is 3.23. The summed E-state index contributed by atoms with van der Waals surface area (Å²) in [6, 6.07) is 36.9. The van der Waals surface area contributed by atoms with Crippen LogP contribution in [0.5, 0.6) is 0 Å². The van der Waals surface area contributed by atoms with Crippen LogP contribution in [-0.2, 0) is 22.0 Å². The Balaban J connectivity index is 1.79. The molecule has 5 rings (SSSR count). The van der Waals surface area contributed by atoms with Crippen molar-refractivity contribution in [1.29, 1.82) is 0 Å². The van der Waals surface area contributed by atoms with Gasteiger partial charge >= 0.3 is 207 Å². The zero-order valence-electron chi connectivity index (χ0n) is 18.8. The number of halogens is 2. The summed E-state index contributed by atoms with van der Waals surface area (Å²) < 4.78 is 5.11. The summed E-state index contributed by atoms with van der Waals surface area (Å²) >= 11 is -4.98. The Labute approximate surface area is 206 Å². The minimum atomic E-state index is -4.98. The summed E-state index contributed by atoms with van der Waals surface area (Å²) in [5, 5.41) is 2.61. The molecule has 33 heavy (non-hydrogen) atoms. The Morgan fingerprint density at radius 3 is 1.94 bits per heavy atom. The number of rotatable bonds is 7. The van der Waals surface area contributed by atoms with E-state index in [4.69, 9.17) is 17.2 Å². The minimum absolute atomic E-state index is 0.822. The first-order chi connectivity index (χ1) is 16.0. The number of nitrogens with one attached hydrogen (secondary N) is 1. The average molecular weight is 656 g/mol. The molecule has 0 unspecified atom stereocenters. The molecule has 1 N–H and O–H groups in total. The van der Waals surface area contributed by atoms with Gasteiger partial charge in [-0.3, -0.25) is 0 Å². The zero-order valence-corrected chi connectivity index (χ0v) is 25.0. The Hall–Kier alpha value is -1.49. The number of hydrogen-bond donors (Lipinski definition) is 1. The van der Waals surface area contributed by atoms with Crippen molar-refractivity contribution in [2.24, 2.45) is 0 Å². The normalized spacial score (nSPS) is 13.9. The van der Waals surface area contributed by atoms with Crippen molar-refractivity contribution in [3.63, 3.8) is 0 Å². The molecule has 0 aromatic heterocycles. The molecule has 0 fully saturated rings. The Morgan fingerprint density at radius 1 is 0.727 bits per heavy atom. The summed E-state index contributed by atoms with van der Waals surface area (Å²) in [4.78, 5) is 0. The third-order valence-electron chi connectivity index (χ3n) is 6.82. The van der Waals surface area contributed by atoms with Crippen molar-refractivity contribution in [3.8, 4) is 11.1 Å². The third kappa shape index (κ3) is 4.13. The molecule has 4 aromatic rings. The van der Waals surface area contributed by atoms with E-state index in [-0.39, 0.29) is 0 Å². The summed E-state index contributed by atoms with van der Waals surface area (Å²) in [7, 11) is 16.2. The van der Waals surface area contributed by atoms with Gasteiger partial charge in [0.2, 0.25) is 0 Å². The summed E-state index contributed by atoms with van der Waals surface area (Å²) in [5.41, 5.74) is 5.29. The van der Waals surface area contributed by atoms with Gasteiger partial charge in [0.05, 0.1) is 0 Å². The molecule has 1 nitrogen and oxygen atoms in total. The van der Waals surface area contributed by atoms with E-state index in [9.17, 15) is 0 Å². The monoisotopic (exact) mass is 656 g/mol. The topological polar surface area (TPSA) is 12.0 Å². The van der Waals surface area contributed by atoms with Crippen molar-refractivity contribution in [2.75, 3.05) is 6.54 Å². The standard InChI is InChI=1S/C13H9.C12H11Si.C3H8N.2ClH.Hf/c1-3-7-12-10(5-1)9-11-6-2-4-8-13(11)12;1-3-7-11(8-4-1)13-12-9-5-2-6-10-12;1-2-3-4;;;/h1-5,7-8H,9H2;1-10,13H;4H,2-3H2,1H3;2*1H;/q;;-1;;;+3/p-2. The maximum atomic E-state index is 8.10. The molecule has 0 bridgehead atoms. The molecule has 4 aromatic carbocycles. The van der Waals surface area contributed by atoms with Crippen molar-refractivity contribution in [1.82, 2.24) is 3.30 Å². The molecule has 5 heteroatoms. The quantitative estimate of drug-likeness (QED) is 0.234. The molecule has 1 aliphatic rings. The SMILES string of the molecule is CCC[NH][Hf]([Cl])([Cl])([c]1cccc2c1Cc1ccccc1-2)[SiH](c1ccccc1)c1ccccc1. The fourth-order valence-electron chi connectivity index (χ4n) is 5.36. The molecule has 0 radical (unpaired) electrons. The van der Waals surface area contributed by atoms with Crippen LogP contribution >= 0.6 is 17.2 Å². The van der Waals surface area contributed by atoms with Crippen molar-refractivity contribution < 1.29 is 15.6 Å². The maximum absolute atomic E-state index is 8.10. The van der Waals surface area contributed by atoms with Crippen LogP contribution in [0.3, 0.4) is 0 Å². The summed E-state index contributed by atoms with van der Waals surface area (Å²) in [6.07, 6.45) is 1.89. The van der Waals surface area contributed by atoms with Crippen molar-refractivity contribution in [3.05, 3.63) is 114 Å². The van der Waals surface area contributed by atoms with Gasteiger partial charge in [-0.1, -0.05) is 0 Å². The molecule has 0 saturated heterocycles. The molecule has 0 amide bonds. The Kier molecular flexibility index (Phi) is 6.54. The van der Waals surface area contributed by atoms with Gasteiger partial charge in [-0.15, -0.1) is 0 Å². The van der Waals surface area contributed by atoms with E-state index < -0.39 is 21.6 Å². The van der Waals surface area contributed by atoms with Gasteiger partial charge in [0.15, 0.2) is 0 Å². The summed E-state index contributed by atoms with van der Waals surface area (Å²) in [5.74, 6) is -2.05. The first kappa shape index (κ1) is 23.3. The van der Waals surface area contributed by atoms with Crippen LogP contribution in [0.15, 0.2) is 103 Å². The number of hydrogen-bond acceptors (Lipinski definition) is 1. The fraction of sp³-hybridized carbons (Fsp3) is 0.143. The molecule has 0 heterocycles. The van der Waals surface area contributed by atoms with Gasteiger partial charge in [0.25, 0.3) is 0 Å². The number of benzene rings is 4. The second kappa shape index (κ2) is 9.28. The molecule has 0 spiro atoms. The van der Waals surface area contributed by atoms with E-state index in [1.165, 1.54) is 35.9 Å². The molecule has 167 valence electrons.